The van der Waals surface area contributed by atoms with E-state index in [1.165, 1.54) is 22.3 Å². The number of aromatic nitrogens is 2. The predicted octanol–water partition coefficient (Wildman–Crippen LogP) is 4.09. The van der Waals surface area contributed by atoms with Crippen molar-refractivity contribution >= 4 is 28.1 Å². The molecule has 3 aromatic rings. The largest absolute Gasteiger partial charge is 0.338 e. The molecule has 128 valence electrons. The fourth-order valence-corrected chi connectivity index (χ4v) is 4.42. The number of thiazole rings is 1. The minimum absolute atomic E-state index is 0.146. The summed E-state index contributed by atoms with van der Waals surface area (Å²) in [6, 6.07) is 10.5. The molecule has 0 aliphatic carbocycles. The Morgan fingerprint density at radius 2 is 2.04 bits per heavy atom. The van der Waals surface area contributed by atoms with Crippen molar-refractivity contribution in [3.05, 3.63) is 58.2 Å². The number of benzene rings is 1. The van der Waals surface area contributed by atoms with E-state index in [4.69, 9.17) is 0 Å². The highest BCUT2D eigenvalue weighted by molar-refractivity contribution is 7.11. The van der Waals surface area contributed by atoms with Crippen molar-refractivity contribution in [3.8, 4) is 0 Å². The topological polar surface area (TPSA) is 46.1 Å². The van der Waals surface area contributed by atoms with Gasteiger partial charge in [-0.1, -0.05) is 18.2 Å². The molecule has 1 saturated heterocycles. The normalized spacial score (nSPS) is 15.6. The molecule has 1 aliphatic rings. The van der Waals surface area contributed by atoms with Gasteiger partial charge in [0.2, 0.25) is 0 Å². The molecule has 4 nitrogen and oxygen atoms in total. The molecule has 25 heavy (non-hydrogen) atoms. The Labute approximate surface area is 151 Å². The number of carbonyl (C=O) groups excluding carboxylic acids is 1. The van der Waals surface area contributed by atoms with E-state index in [0.29, 0.717) is 5.92 Å². The van der Waals surface area contributed by atoms with Crippen LogP contribution in [0, 0.1) is 12.8 Å². The number of likely N-dealkylation sites (tertiary alicyclic amines) is 1. The van der Waals surface area contributed by atoms with Crippen LogP contribution in [-0.2, 0) is 6.42 Å². The minimum atomic E-state index is 0.146. The molecule has 1 aromatic carbocycles. The third-order valence-corrected chi connectivity index (χ3v) is 6.00. The lowest BCUT2D eigenvalue weighted by atomic mass is 9.88. The molecule has 4 rings (SSSR count). The Balaban J connectivity index is 1.42. The van der Waals surface area contributed by atoms with Gasteiger partial charge >= 0.3 is 0 Å². The fraction of sp³-hybridized carbons (Fsp3) is 0.350. The van der Waals surface area contributed by atoms with Crippen molar-refractivity contribution in [2.45, 2.75) is 26.2 Å². The van der Waals surface area contributed by atoms with E-state index >= 15 is 0 Å². The number of nitrogens with zero attached hydrogens (tertiary/aromatic N) is 3. The van der Waals surface area contributed by atoms with Gasteiger partial charge in [0.05, 0.1) is 16.7 Å². The summed E-state index contributed by atoms with van der Waals surface area (Å²) >= 11 is 1.45. The smallest absolute Gasteiger partial charge is 0.265 e. The fourth-order valence-electron chi connectivity index (χ4n) is 3.65. The second-order valence-corrected chi connectivity index (χ2v) is 7.55. The molecular formula is C20H21N3OS. The van der Waals surface area contributed by atoms with Crippen molar-refractivity contribution in [2.24, 2.45) is 5.92 Å². The number of rotatable bonds is 3. The van der Waals surface area contributed by atoms with Crippen LogP contribution in [-0.4, -0.2) is 33.9 Å². The van der Waals surface area contributed by atoms with Crippen LogP contribution in [0.3, 0.4) is 0 Å². The average molecular weight is 351 g/mol. The molecule has 0 unspecified atom stereocenters. The number of pyridine rings is 1. The van der Waals surface area contributed by atoms with Crippen molar-refractivity contribution in [2.75, 3.05) is 13.1 Å². The lowest BCUT2D eigenvalue weighted by Gasteiger charge is -2.32. The van der Waals surface area contributed by atoms with E-state index in [2.05, 4.69) is 34.2 Å². The Hall–Kier alpha value is -2.27. The van der Waals surface area contributed by atoms with Crippen LogP contribution < -0.4 is 0 Å². The monoisotopic (exact) mass is 351 g/mol. The van der Waals surface area contributed by atoms with Crippen LogP contribution in [0.25, 0.3) is 10.9 Å². The van der Waals surface area contributed by atoms with Gasteiger partial charge in [0.15, 0.2) is 0 Å². The van der Waals surface area contributed by atoms with E-state index in [9.17, 15) is 4.79 Å². The number of fused-ring (bicyclic) bond motifs is 1. The lowest BCUT2D eigenvalue weighted by molar-refractivity contribution is 0.0694. The van der Waals surface area contributed by atoms with Gasteiger partial charge in [-0.2, -0.15) is 0 Å². The maximum Gasteiger partial charge on any atom is 0.265 e. The second-order valence-electron chi connectivity index (χ2n) is 6.69. The zero-order valence-electron chi connectivity index (χ0n) is 14.3. The van der Waals surface area contributed by atoms with Crippen molar-refractivity contribution < 1.29 is 4.79 Å². The zero-order valence-corrected chi connectivity index (χ0v) is 15.1. The first-order valence-corrected chi connectivity index (χ1v) is 9.62. The first-order valence-electron chi connectivity index (χ1n) is 8.74. The van der Waals surface area contributed by atoms with Crippen LogP contribution in [0.2, 0.25) is 0 Å². The number of amides is 1. The minimum Gasteiger partial charge on any atom is -0.338 e. The molecule has 3 heterocycles. The van der Waals surface area contributed by atoms with Gasteiger partial charge in [0, 0.05) is 24.7 Å². The third kappa shape index (κ3) is 3.29. The summed E-state index contributed by atoms with van der Waals surface area (Å²) in [6.07, 6.45) is 5.02. The van der Waals surface area contributed by atoms with Gasteiger partial charge in [0.1, 0.15) is 4.88 Å². The number of piperidine rings is 1. The van der Waals surface area contributed by atoms with E-state index < -0.39 is 0 Å². The Morgan fingerprint density at radius 1 is 1.20 bits per heavy atom. The van der Waals surface area contributed by atoms with Crippen molar-refractivity contribution in [1.82, 2.24) is 14.9 Å². The van der Waals surface area contributed by atoms with Crippen LogP contribution in [0.5, 0.6) is 0 Å². The highest BCUT2D eigenvalue weighted by Gasteiger charge is 2.25. The van der Waals surface area contributed by atoms with Gasteiger partial charge in [-0.15, -0.1) is 11.3 Å². The highest BCUT2D eigenvalue weighted by atomic mass is 32.1. The standard InChI is InChI=1S/C20H21N3OS/c1-14-19(25-13-22-14)20(24)23-10-7-15(8-11-23)12-16-4-2-6-18-17(16)5-3-9-21-18/h2-6,9,13,15H,7-8,10-12H2,1H3. The molecule has 1 fully saturated rings. The Bertz CT molecular complexity index is 891. The van der Waals surface area contributed by atoms with E-state index in [1.54, 1.807) is 5.51 Å². The van der Waals surface area contributed by atoms with E-state index in [1.807, 2.05) is 24.1 Å². The van der Waals surface area contributed by atoms with Gasteiger partial charge in [-0.25, -0.2) is 4.98 Å². The predicted molar refractivity (Wildman–Crippen MR) is 101 cm³/mol. The number of carbonyl (C=O) groups is 1. The molecule has 1 amide bonds. The summed E-state index contributed by atoms with van der Waals surface area (Å²) in [6.45, 7) is 3.58. The van der Waals surface area contributed by atoms with Crippen molar-refractivity contribution in [3.63, 3.8) is 0 Å². The van der Waals surface area contributed by atoms with Crippen molar-refractivity contribution in [1.29, 1.82) is 0 Å². The van der Waals surface area contributed by atoms with Gasteiger partial charge in [-0.3, -0.25) is 9.78 Å². The Morgan fingerprint density at radius 3 is 2.80 bits per heavy atom. The third-order valence-electron chi connectivity index (χ3n) is 5.09. The molecule has 0 radical (unpaired) electrons. The summed E-state index contributed by atoms with van der Waals surface area (Å²) in [5.41, 5.74) is 5.03. The molecule has 0 bridgehead atoms. The van der Waals surface area contributed by atoms with Gasteiger partial charge < -0.3 is 4.90 Å². The molecule has 5 heteroatoms. The molecular weight excluding hydrogens is 330 g/mol. The summed E-state index contributed by atoms with van der Waals surface area (Å²) in [7, 11) is 0. The first kappa shape index (κ1) is 16.2. The number of aryl methyl sites for hydroxylation is 1. The maximum absolute atomic E-state index is 12.6. The molecule has 0 saturated carbocycles. The molecule has 2 aromatic heterocycles. The van der Waals surface area contributed by atoms with Crippen LogP contribution >= 0.6 is 11.3 Å². The SMILES string of the molecule is Cc1ncsc1C(=O)N1CCC(Cc2cccc3ncccc23)CC1. The van der Waals surface area contributed by atoms with Gasteiger partial charge in [-0.05, 0) is 49.8 Å². The second kappa shape index (κ2) is 6.92. The van der Waals surface area contributed by atoms with Crippen LogP contribution in [0.15, 0.2) is 42.0 Å². The van der Waals surface area contributed by atoms with Crippen LogP contribution in [0.1, 0.15) is 33.8 Å². The summed E-state index contributed by atoms with van der Waals surface area (Å²) in [5, 5.41) is 1.25. The van der Waals surface area contributed by atoms with E-state index in [-0.39, 0.29) is 5.91 Å². The Kier molecular flexibility index (Phi) is 4.49. The molecule has 0 atom stereocenters. The summed E-state index contributed by atoms with van der Waals surface area (Å²) in [4.78, 5) is 24.0. The zero-order chi connectivity index (χ0) is 17.2. The van der Waals surface area contributed by atoms with Crippen LogP contribution in [0.4, 0.5) is 0 Å². The number of hydrogen-bond acceptors (Lipinski definition) is 4. The quantitative estimate of drug-likeness (QED) is 0.714. The average Bonchev–Trinajstić information content (AvgIpc) is 3.08. The first-order chi connectivity index (χ1) is 12.2. The lowest BCUT2D eigenvalue weighted by Crippen LogP contribution is -2.38. The molecule has 0 N–H and O–H groups in total. The van der Waals surface area contributed by atoms with Gasteiger partial charge in [0.25, 0.3) is 5.91 Å². The summed E-state index contributed by atoms with van der Waals surface area (Å²) in [5.74, 6) is 0.769. The highest BCUT2D eigenvalue weighted by Crippen LogP contribution is 2.27. The van der Waals surface area contributed by atoms with E-state index in [0.717, 1.165) is 48.4 Å². The molecule has 0 spiro atoms. The number of hydrogen-bond donors (Lipinski definition) is 0. The molecule has 1 aliphatic heterocycles. The summed E-state index contributed by atoms with van der Waals surface area (Å²) < 4.78 is 0. The maximum atomic E-state index is 12.6.